The van der Waals surface area contributed by atoms with Gasteiger partial charge >= 0.3 is 0 Å². The molecule has 0 unspecified atom stereocenters. The average molecular weight is 267 g/mol. The molecule has 0 spiro atoms. The maximum atomic E-state index is 12.3. The number of pyridine rings is 1. The van der Waals surface area contributed by atoms with Crippen LogP contribution in [0, 0.1) is 0 Å². The molecule has 0 aliphatic heterocycles. The van der Waals surface area contributed by atoms with E-state index in [-0.39, 0.29) is 5.91 Å². The Morgan fingerprint density at radius 1 is 1.56 bits per heavy atom. The van der Waals surface area contributed by atoms with Crippen LogP contribution in [0.25, 0.3) is 0 Å². The summed E-state index contributed by atoms with van der Waals surface area (Å²) >= 11 is 1.74. The Balaban J connectivity index is 2.77. The summed E-state index contributed by atoms with van der Waals surface area (Å²) in [6.07, 6.45) is 6.40. The van der Waals surface area contributed by atoms with Crippen molar-refractivity contribution in [2.45, 2.75) is 13.3 Å². The van der Waals surface area contributed by atoms with E-state index in [0.717, 1.165) is 31.0 Å². The number of carbonyl (C=O) groups is 1. The molecule has 0 fully saturated rings. The first kappa shape index (κ1) is 14.8. The van der Waals surface area contributed by atoms with Crippen molar-refractivity contribution in [2.24, 2.45) is 0 Å². The number of aromatic nitrogens is 1. The first-order valence-corrected chi connectivity index (χ1v) is 7.52. The number of anilines is 1. The Kier molecular flexibility index (Phi) is 6.57. The van der Waals surface area contributed by atoms with Gasteiger partial charge in [0.2, 0.25) is 0 Å². The molecule has 0 radical (unpaired) electrons. The van der Waals surface area contributed by atoms with Gasteiger partial charge in [0, 0.05) is 38.3 Å². The highest BCUT2D eigenvalue weighted by Crippen LogP contribution is 2.15. The number of nitrogens with zero attached hydrogens (tertiary/aromatic N) is 2. The van der Waals surface area contributed by atoms with Gasteiger partial charge < -0.3 is 10.2 Å². The Morgan fingerprint density at radius 2 is 2.33 bits per heavy atom. The topological polar surface area (TPSA) is 45.2 Å². The van der Waals surface area contributed by atoms with Gasteiger partial charge in [-0.15, -0.1) is 0 Å². The van der Waals surface area contributed by atoms with Gasteiger partial charge in [-0.3, -0.25) is 9.78 Å². The van der Waals surface area contributed by atoms with Crippen molar-refractivity contribution in [3.8, 4) is 0 Å². The molecule has 1 aromatic heterocycles. The van der Waals surface area contributed by atoms with E-state index in [4.69, 9.17) is 0 Å². The molecule has 4 nitrogen and oxygen atoms in total. The second-order valence-electron chi connectivity index (χ2n) is 4.07. The minimum Gasteiger partial charge on any atom is -0.384 e. The fourth-order valence-electron chi connectivity index (χ4n) is 1.51. The van der Waals surface area contributed by atoms with Gasteiger partial charge in [0.15, 0.2) is 0 Å². The number of nitrogens with one attached hydrogen (secondary N) is 1. The summed E-state index contributed by atoms with van der Waals surface area (Å²) in [6.45, 7) is 3.71. The summed E-state index contributed by atoms with van der Waals surface area (Å²) in [5, 5.41) is 3.26. The SMILES string of the molecule is CCCNc1ccncc1C(=O)N(C)CCSC. The molecule has 0 aliphatic rings. The Morgan fingerprint density at radius 3 is 3.00 bits per heavy atom. The quantitative estimate of drug-likeness (QED) is 0.823. The van der Waals surface area contributed by atoms with E-state index in [2.05, 4.69) is 17.2 Å². The molecule has 0 saturated heterocycles. The van der Waals surface area contributed by atoms with Crippen LogP contribution in [0.4, 0.5) is 5.69 Å². The Hall–Kier alpha value is -1.23. The van der Waals surface area contributed by atoms with Gasteiger partial charge in [0.05, 0.1) is 11.3 Å². The van der Waals surface area contributed by atoms with Crippen LogP contribution in [-0.4, -0.2) is 47.9 Å². The van der Waals surface area contributed by atoms with E-state index >= 15 is 0 Å². The summed E-state index contributed by atoms with van der Waals surface area (Å²) in [5.41, 5.74) is 1.52. The fraction of sp³-hybridized carbons (Fsp3) is 0.538. The van der Waals surface area contributed by atoms with E-state index in [9.17, 15) is 4.79 Å². The largest absolute Gasteiger partial charge is 0.384 e. The van der Waals surface area contributed by atoms with Crippen LogP contribution in [0.2, 0.25) is 0 Å². The minimum absolute atomic E-state index is 0.0238. The third kappa shape index (κ3) is 4.22. The van der Waals surface area contributed by atoms with Crippen molar-refractivity contribution in [2.75, 3.05) is 37.5 Å². The van der Waals surface area contributed by atoms with E-state index in [1.165, 1.54) is 0 Å². The summed E-state index contributed by atoms with van der Waals surface area (Å²) < 4.78 is 0. The lowest BCUT2D eigenvalue weighted by molar-refractivity contribution is 0.0804. The zero-order chi connectivity index (χ0) is 13.4. The van der Waals surface area contributed by atoms with E-state index < -0.39 is 0 Å². The van der Waals surface area contributed by atoms with Gasteiger partial charge in [-0.05, 0) is 18.7 Å². The standard InChI is InChI=1S/C13H21N3OS/c1-4-6-15-12-5-7-14-10-11(12)13(17)16(2)8-9-18-3/h5,7,10H,4,6,8-9H2,1-3H3,(H,14,15). The average Bonchev–Trinajstić information content (AvgIpc) is 2.42. The highest BCUT2D eigenvalue weighted by Gasteiger charge is 2.15. The molecule has 0 saturated carbocycles. The highest BCUT2D eigenvalue weighted by atomic mass is 32.2. The molecular formula is C13H21N3OS. The van der Waals surface area contributed by atoms with Gasteiger partial charge in [-0.25, -0.2) is 0 Å². The molecule has 18 heavy (non-hydrogen) atoms. The molecule has 1 heterocycles. The van der Waals surface area contributed by atoms with Gasteiger partial charge in [-0.1, -0.05) is 6.92 Å². The molecular weight excluding hydrogens is 246 g/mol. The number of amides is 1. The number of hydrogen-bond donors (Lipinski definition) is 1. The summed E-state index contributed by atoms with van der Waals surface area (Å²) in [5.74, 6) is 0.969. The first-order valence-electron chi connectivity index (χ1n) is 6.13. The maximum Gasteiger partial charge on any atom is 0.257 e. The summed E-state index contributed by atoms with van der Waals surface area (Å²) in [6, 6.07) is 1.85. The zero-order valence-corrected chi connectivity index (χ0v) is 12.1. The van der Waals surface area contributed by atoms with E-state index in [1.54, 1.807) is 29.1 Å². The van der Waals surface area contributed by atoms with Gasteiger partial charge in [0.25, 0.3) is 5.91 Å². The smallest absolute Gasteiger partial charge is 0.257 e. The van der Waals surface area contributed by atoms with Crippen molar-refractivity contribution in [3.05, 3.63) is 24.0 Å². The van der Waals surface area contributed by atoms with Crippen LogP contribution in [-0.2, 0) is 0 Å². The van der Waals surface area contributed by atoms with Crippen LogP contribution in [0.3, 0.4) is 0 Å². The van der Waals surface area contributed by atoms with Crippen LogP contribution in [0.5, 0.6) is 0 Å². The van der Waals surface area contributed by atoms with Gasteiger partial charge in [-0.2, -0.15) is 11.8 Å². The first-order chi connectivity index (χ1) is 8.70. The number of thioether (sulfide) groups is 1. The maximum absolute atomic E-state index is 12.3. The molecule has 0 aliphatic carbocycles. The van der Waals surface area contributed by atoms with Crippen molar-refractivity contribution in [3.63, 3.8) is 0 Å². The molecule has 0 aromatic carbocycles. The highest BCUT2D eigenvalue weighted by molar-refractivity contribution is 7.98. The van der Waals surface area contributed by atoms with Crippen LogP contribution in [0.15, 0.2) is 18.5 Å². The second kappa shape index (κ2) is 7.97. The molecule has 1 rings (SSSR count). The second-order valence-corrected chi connectivity index (χ2v) is 5.05. The molecule has 1 amide bonds. The predicted octanol–water partition coefficient (Wildman–Crippen LogP) is 2.34. The molecule has 1 aromatic rings. The number of rotatable bonds is 7. The van der Waals surface area contributed by atoms with E-state index in [1.807, 2.05) is 19.4 Å². The number of hydrogen-bond acceptors (Lipinski definition) is 4. The normalized spacial score (nSPS) is 10.2. The van der Waals surface area contributed by atoms with Crippen molar-refractivity contribution in [1.82, 2.24) is 9.88 Å². The minimum atomic E-state index is 0.0238. The van der Waals surface area contributed by atoms with Crippen LogP contribution >= 0.6 is 11.8 Å². The Bertz CT molecular complexity index is 384. The molecule has 100 valence electrons. The lowest BCUT2D eigenvalue weighted by atomic mass is 10.2. The monoisotopic (exact) mass is 267 g/mol. The molecule has 5 heteroatoms. The molecule has 0 bridgehead atoms. The predicted molar refractivity (Wildman–Crippen MR) is 78.4 cm³/mol. The zero-order valence-electron chi connectivity index (χ0n) is 11.3. The molecule has 1 N–H and O–H groups in total. The van der Waals surface area contributed by atoms with E-state index in [0.29, 0.717) is 5.56 Å². The summed E-state index contributed by atoms with van der Waals surface area (Å²) in [4.78, 5) is 18.1. The van der Waals surface area contributed by atoms with Crippen molar-refractivity contribution >= 4 is 23.4 Å². The lowest BCUT2D eigenvalue weighted by Gasteiger charge is -2.18. The van der Waals surface area contributed by atoms with Crippen LogP contribution in [0.1, 0.15) is 23.7 Å². The van der Waals surface area contributed by atoms with Crippen molar-refractivity contribution < 1.29 is 4.79 Å². The fourth-order valence-corrected chi connectivity index (χ4v) is 1.97. The third-order valence-corrected chi connectivity index (χ3v) is 3.19. The molecule has 0 atom stereocenters. The van der Waals surface area contributed by atoms with Crippen molar-refractivity contribution in [1.29, 1.82) is 0 Å². The third-order valence-electron chi connectivity index (χ3n) is 2.59. The van der Waals surface area contributed by atoms with Gasteiger partial charge in [0.1, 0.15) is 0 Å². The lowest BCUT2D eigenvalue weighted by Crippen LogP contribution is -2.29. The number of carbonyl (C=O) groups excluding carboxylic acids is 1. The van der Waals surface area contributed by atoms with Crippen LogP contribution < -0.4 is 5.32 Å². The Labute approximate surface area is 113 Å². The summed E-state index contributed by atoms with van der Waals surface area (Å²) in [7, 11) is 1.83.